The molecule has 0 fully saturated rings. The van der Waals surface area contributed by atoms with E-state index in [9.17, 15) is 0 Å². The number of aromatic hydroxyl groups is 1. The Kier molecular flexibility index (Phi) is 5.28. The lowest BCUT2D eigenvalue weighted by Gasteiger charge is -2.00. The first kappa shape index (κ1) is 9.42. The summed E-state index contributed by atoms with van der Waals surface area (Å²) in [6.07, 6.45) is 0.606. The lowest BCUT2D eigenvalue weighted by Crippen LogP contribution is -1.81. The van der Waals surface area contributed by atoms with E-state index < -0.39 is 0 Å². The first-order valence-corrected chi connectivity index (χ1v) is 5.28. The third-order valence-corrected chi connectivity index (χ3v) is 1.60. The molecule has 0 aliphatic rings. The monoisotopic (exact) mass is 217 g/mol. The van der Waals surface area contributed by atoms with E-state index in [1.54, 1.807) is 0 Å². The quantitative estimate of drug-likeness (QED) is 0.442. The van der Waals surface area contributed by atoms with Crippen LogP contribution in [-0.2, 0) is 6.42 Å². The maximum Gasteiger partial charge on any atom is 0.293 e. The molecule has 0 spiro atoms. The molecule has 0 saturated carbocycles. The van der Waals surface area contributed by atoms with Crippen molar-refractivity contribution in [2.75, 3.05) is 0 Å². The minimum absolute atomic E-state index is 0.306. The molecule has 1 rings (SSSR count). The van der Waals surface area contributed by atoms with Gasteiger partial charge < -0.3 is 5.11 Å². The zero-order chi connectivity index (χ0) is 11.8. The van der Waals surface area contributed by atoms with Crippen molar-refractivity contribution in [1.29, 1.82) is 2.77 Å². The van der Waals surface area contributed by atoms with Gasteiger partial charge in [0, 0.05) is 0 Å². The SMILES string of the molecule is [2H]B(P)S.[3H]Oc1cc(C)ccc1CC. The van der Waals surface area contributed by atoms with Crippen LogP contribution in [0.2, 0.25) is 0 Å². The Morgan fingerprint density at radius 3 is 2.92 bits per heavy atom. The predicted molar refractivity (Wildman–Crippen MR) is 68.1 cm³/mol. The molecule has 0 aliphatic carbocycles. The maximum absolute atomic E-state index is 6.78. The summed E-state index contributed by atoms with van der Waals surface area (Å²) in [6, 6.07) is 5.91. The molecule has 13 heavy (non-hydrogen) atoms. The highest BCUT2D eigenvalue weighted by molar-refractivity contribution is 8.20. The fourth-order valence-electron chi connectivity index (χ4n) is 0.954. The van der Waals surface area contributed by atoms with Crippen LogP contribution in [-0.4, -0.2) is 14.1 Å². The molecule has 1 atom stereocenters. The Morgan fingerprint density at radius 1 is 1.85 bits per heavy atom. The normalized spacial score (nSPS) is 10.5. The van der Waals surface area contributed by atoms with Crippen LogP contribution >= 0.6 is 21.6 Å². The Morgan fingerprint density at radius 2 is 2.46 bits per heavy atom. The fraction of sp³-hybridized carbons (Fsp3) is 0.333. The molecule has 0 saturated heterocycles. The molecule has 1 unspecified atom stereocenters. The van der Waals surface area contributed by atoms with Gasteiger partial charge in [0.25, 0.3) is 1.43 Å². The van der Waals surface area contributed by atoms with Gasteiger partial charge in [0.05, 0.1) is 0 Å². The minimum atomic E-state index is -0.306. The van der Waals surface area contributed by atoms with Crippen LogP contribution in [0.15, 0.2) is 18.2 Å². The maximum atomic E-state index is 6.78. The van der Waals surface area contributed by atoms with Gasteiger partial charge in [0.1, 0.15) is 5.75 Å². The van der Waals surface area contributed by atoms with Gasteiger partial charge in [0.2, 0.25) is 6.24 Å². The number of thiol groups is 1. The molecule has 0 aromatic heterocycles. The van der Waals surface area contributed by atoms with Crippen molar-refractivity contribution in [2.24, 2.45) is 0 Å². The Labute approximate surface area is 91.5 Å². The van der Waals surface area contributed by atoms with Crippen LogP contribution < -0.4 is 0 Å². The largest absolute Gasteiger partial charge is 0.508 e. The number of hydrogen-bond acceptors (Lipinski definition) is 2. The molecule has 72 valence electrons. The van der Waals surface area contributed by atoms with E-state index in [4.69, 9.17) is 2.77 Å². The summed E-state index contributed by atoms with van der Waals surface area (Å²) in [7, 11) is 2.19. The van der Waals surface area contributed by atoms with Crippen molar-refractivity contribution in [3.63, 3.8) is 0 Å². The van der Waals surface area contributed by atoms with E-state index in [1.807, 2.05) is 32.0 Å². The first-order chi connectivity index (χ1) is 7.01. The summed E-state index contributed by atoms with van der Waals surface area (Å²) >= 11 is 3.60. The first-order valence-electron chi connectivity index (χ1n) is 5.08. The highest BCUT2D eigenvalue weighted by Gasteiger charge is 1.96. The van der Waals surface area contributed by atoms with E-state index in [0.717, 1.165) is 17.5 Å². The Hall–Kier alpha value is -0.135. The molecular weight excluding hydrogens is 198 g/mol. The fourth-order valence-corrected chi connectivity index (χ4v) is 0.954. The smallest absolute Gasteiger partial charge is 0.293 e. The molecule has 0 amide bonds. The Balaban J connectivity index is 0.000000423. The molecule has 1 N–H and O–H groups in total. The standard InChI is InChI=1S/C9H12O.BH4PS/c1-3-8-5-4-7(2)6-9(8)10;2-1-3/h4-6,10H,3H2,1-2H3;1,3H,2H2/i;1D/hT. The second kappa shape index (κ2) is 7.29. The van der Waals surface area contributed by atoms with Crippen LogP contribution in [0.25, 0.3) is 0 Å². The van der Waals surface area contributed by atoms with Gasteiger partial charge in [-0.2, -0.15) is 9.12 Å². The highest BCUT2D eigenvalue weighted by Crippen LogP contribution is 2.18. The van der Waals surface area contributed by atoms with Gasteiger partial charge in [-0.1, -0.05) is 19.1 Å². The summed E-state index contributed by atoms with van der Waals surface area (Å²) in [6.45, 7) is 4.04. The van der Waals surface area contributed by atoms with E-state index in [0.29, 0.717) is 5.75 Å². The number of benzene rings is 1. The van der Waals surface area contributed by atoms with Crippen LogP contribution in [0.4, 0.5) is 0 Å². The summed E-state index contributed by atoms with van der Waals surface area (Å²) in [5.41, 5.74) is 2.22. The van der Waals surface area contributed by atoms with Gasteiger partial charge in [-0.3, -0.25) is 0 Å². The summed E-state index contributed by atoms with van der Waals surface area (Å²) in [4.78, 5) is 0. The van der Waals surface area contributed by atoms with Crippen molar-refractivity contribution in [2.45, 2.75) is 20.3 Å². The third kappa shape index (κ3) is 5.23. The summed E-state index contributed by atoms with van der Waals surface area (Å²) in [5.74, 6) is 0.674. The van der Waals surface area contributed by atoms with Gasteiger partial charge in [-0.15, -0.1) is 0 Å². The van der Waals surface area contributed by atoms with Crippen molar-refractivity contribution in [3.8, 4) is 5.75 Å². The molecule has 0 aliphatic heterocycles. The number of phenols is 1. The lowest BCUT2D eigenvalue weighted by molar-refractivity contribution is 0.468. The van der Waals surface area contributed by atoms with Crippen molar-refractivity contribution >= 4 is 27.8 Å². The lowest BCUT2D eigenvalue weighted by atomic mass is 10.1. The van der Waals surface area contributed by atoms with E-state index in [1.165, 1.54) is 0 Å². The van der Waals surface area contributed by atoms with Crippen LogP contribution in [0.3, 0.4) is 0 Å². The van der Waals surface area contributed by atoms with Crippen LogP contribution in [0, 0.1) is 6.92 Å². The van der Waals surface area contributed by atoms with Crippen LogP contribution in [0.1, 0.15) is 18.1 Å². The van der Waals surface area contributed by atoms with Gasteiger partial charge in [-0.25, -0.2) is 12.5 Å². The predicted octanol–water partition coefficient (Wildman–Crippen LogP) is 2.32. The van der Waals surface area contributed by atoms with E-state index in [-0.39, 0.29) is 6.24 Å². The molecule has 1 nitrogen and oxygen atoms in total. The second-order valence-electron chi connectivity index (χ2n) is 2.61. The highest BCUT2D eigenvalue weighted by atomic mass is 32.1. The molecular formula is C9H16BOPS. The van der Waals surface area contributed by atoms with E-state index in [2.05, 4.69) is 26.7 Å². The molecule has 0 radical (unpaired) electrons. The third-order valence-electron chi connectivity index (χ3n) is 1.60. The summed E-state index contributed by atoms with van der Waals surface area (Å²) in [5, 5.41) is 4.47. The number of rotatable bonds is 2. The van der Waals surface area contributed by atoms with Gasteiger partial charge in [-0.05, 0) is 31.9 Å². The van der Waals surface area contributed by atoms with Crippen molar-refractivity contribution < 1.29 is 5.11 Å². The molecule has 1 aromatic carbocycles. The molecule has 4 heteroatoms. The van der Waals surface area contributed by atoms with Crippen molar-refractivity contribution in [1.82, 2.24) is 0 Å². The topological polar surface area (TPSA) is 20.2 Å². The zero-order valence-electron chi connectivity index (χ0n) is 9.95. The van der Waals surface area contributed by atoms with Crippen molar-refractivity contribution in [3.05, 3.63) is 29.3 Å². The van der Waals surface area contributed by atoms with Gasteiger partial charge >= 0.3 is 0 Å². The zero-order valence-corrected chi connectivity index (χ0v) is 10.00. The summed E-state index contributed by atoms with van der Waals surface area (Å²) < 4.78 is 13.2. The van der Waals surface area contributed by atoms with E-state index >= 15 is 0 Å². The molecule has 0 bridgehead atoms. The van der Waals surface area contributed by atoms with Crippen LogP contribution in [0.5, 0.6) is 5.75 Å². The number of hydrogen-bond donors (Lipinski definition) is 2. The minimum Gasteiger partial charge on any atom is -0.508 e. The molecule has 1 aromatic rings. The number of aryl methyl sites for hydroxylation is 2. The molecule has 0 heterocycles. The number of phenolic OH excluding ortho intramolecular Hbond substituents is 1. The van der Waals surface area contributed by atoms with Gasteiger partial charge in [0.15, 0.2) is 0 Å². The average Bonchev–Trinajstić information content (AvgIpc) is 2.16. The second-order valence-corrected chi connectivity index (χ2v) is 3.81. The Bertz CT molecular complexity index is 297. The average molecular weight is 217 g/mol.